The van der Waals surface area contributed by atoms with Crippen LogP contribution in [-0.2, 0) is 0 Å². The topological polar surface area (TPSA) is 15.3 Å². The second-order valence-corrected chi connectivity index (χ2v) is 4.14. The van der Waals surface area contributed by atoms with Crippen molar-refractivity contribution in [2.45, 2.75) is 13.0 Å². The van der Waals surface area contributed by atoms with E-state index in [1.165, 1.54) is 12.1 Å². The molecule has 1 aliphatic heterocycles. The summed E-state index contributed by atoms with van der Waals surface area (Å²) in [6.07, 6.45) is 0. The molecule has 1 fully saturated rings. The van der Waals surface area contributed by atoms with Gasteiger partial charge in [-0.2, -0.15) is 0 Å². The highest BCUT2D eigenvalue weighted by Crippen LogP contribution is 2.22. The molecule has 0 spiro atoms. The fourth-order valence-corrected chi connectivity index (χ4v) is 2.05. The quantitative estimate of drug-likeness (QED) is 0.880. The maximum absolute atomic E-state index is 13.1. The van der Waals surface area contributed by atoms with E-state index >= 15 is 0 Å². The van der Waals surface area contributed by atoms with E-state index < -0.39 is 11.6 Å². The number of benzene rings is 1. The Hall–Kier alpha value is -0.710. The first kappa shape index (κ1) is 14.4. The molecule has 2 rings (SSSR count). The second-order valence-electron chi connectivity index (χ2n) is 4.14. The van der Waals surface area contributed by atoms with Crippen LogP contribution < -0.4 is 5.32 Å². The number of hydrogen-bond donors (Lipinski definition) is 1. The molecule has 1 saturated heterocycles. The van der Waals surface area contributed by atoms with Gasteiger partial charge in [-0.3, -0.25) is 4.90 Å². The molecule has 0 aliphatic carbocycles. The highest BCUT2D eigenvalue weighted by Gasteiger charge is 2.18. The summed E-state index contributed by atoms with van der Waals surface area (Å²) in [6, 6.07) is 4.29. The van der Waals surface area contributed by atoms with Crippen molar-refractivity contribution in [3.05, 3.63) is 35.4 Å². The molecule has 0 saturated carbocycles. The van der Waals surface area contributed by atoms with Crippen molar-refractivity contribution in [1.29, 1.82) is 0 Å². The van der Waals surface area contributed by atoms with Gasteiger partial charge in [-0.1, -0.05) is 6.07 Å². The molecule has 1 aromatic carbocycles. The van der Waals surface area contributed by atoms with Gasteiger partial charge in [-0.25, -0.2) is 8.78 Å². The Morgan fingerprint density at radius 2 is 1.82 bits per heavy atom. The summed E-state index contributed by atoms with van der Waals surface area (Å²) >= 11 is 0. The van der Waals surface area contributed by atoms with Crippen molar-refractivity contribution in [2.75, 3.05) is 26.2 Å². The van der Waals surface area contributed by atoms with Crippen LogP contribution in [0.4, 0.5) is 8.78 Å². The summed E-state index contributed by atoms with van der Waals surface area (Å²) in [5.74, 6) is -1.55. The number of piperazine rings is 1. The van der Waals surface area contributed by atoms with Crippen molar-refractivity contribution in [2.24, 2.45) is 0 Å². The third kappa shape index (κ3) is 3.37. The highest BCUT2D eigenvalue weighted by molar-refractivity contribution is 5.85. The molecule has 0 unspecified atom stereocenters. The van der Waals surface area contributed by atoms with E-state index in [1.807, 2.05) is 6.92 Å². The maximum atomic E-state index is 13.1. The molecule has 0 amide bonds. The summed E-state index contributed by atoms with van der Waals surface area (Å²) in [7, 11) is 0. The van der Waals surface area contributed by atoms with Crippen molar-refractivity contribution in [3.63, 3.8) is 0 Å². The minimum absolute atomic E-state index is 0. The van der Waals surface area contributed by atoms with Crippen LogP contribution in [0.25, 0.3) is 0 Å². The van der Waals surface area contributed by atoms with Crippen LogP contribution >= 0.6 is 12.4 Å². The third-order valence-corrected chi connectivity index (χ3v) is 3.13. The maximum Gasteiger partial charge on any atom is 0.159 e. The molecule has 0 radical (unpaired) electrons. The van der Waals surface area contributed by atoms with Gasteiger partial charge in [0.05, 0.1) is 0 Å². The lowest BCUT2D eigenvalue weighted by molar-refractivity contribution is 0.185. The number of halogens is 3. The van der Waals surface area contributed by atoms with Crippen molar-refractivity contribution < 1.29 is 8.78 Å². The molecule has 5 heteroatoms. The molecule has 0 aromatic heterocycles. The fourth-order valence-electron chi connectivity index (χ4n) is 2.05. The van der Waals surface area contributed by atoms with Gasteiger partial charge in [0.1, 0.15) is 0 Å². The average molecular weight is 263 g/mol. The molecular formula is C12H17ClF2N2. The SMILES string of the molecule is C[C@H](c1ccc(F)c(F)c1)N1CCNCC1.Cl. The van der Waals surface area contributed by atoms with Gasteiger partial charge in [-0.05, 0) is 24.6 Å². The van der Waals surface area contributed by atoms with E-state index in [2.05, 4.69) is 10.2 Å². The van der Waals surface area contributed by atoms with E-state index in [0.29, 0.717) is 0 Å². The van der Waals surface area contributed by atoms with Crippen LogP contribution in [0.1, 0.15) is 18.5 Å². The van der Waals surface area contributed by atoms with Crippen LogP contribution in [0.5, 0.6) is 0 Å². The minimum Gasteiger partial charge on any atom is -0.314 e. The van der Waals surface area contributed by atoms with E-state index in [-0.39, 0.29) is 18.4 Å². The van der Waals surface area contributed by atoms with E-state index in [1.54, 1.807) is 6.07 Å². The Morgan fingerprint density at radius 1 is 1.18 bits per heavy atom. The Bertz CT molecular complexity index is 368. The standard InChI is InChI=1S/C12H16F2N2.ClH/c1-9(16-6-4-15-5-7-16)10-2-3-11(13)12(14)8-10;/h2-3,8-9,15H,4-7H2,1H3;1H/t9-;/m1./s1. The lowest BCUT2D eigenvalue weighted by atomic mass is 10.1. The van der Waals surface area contributed by atoms with Gasteiger partial charge < -0.3 is 5.32 Å². The van der Waals surface area contributed by atoms with Crippen LogP contribution in [0.15, 0.2) is 18.2 Å². The second kappa shape index (κ2) is 6.28. The number of nitrogens with one attached hydrogen (secondary N) is 1. The first-order valence-corrected chi connectivity index (χ1v) is 5.58. The zero-order valence-electron chi connectivity index (χ0n) is 9.75. The summed E-state index contributed by atoms with van der Waals surface area (Å²) in [6.45, 7) is 5.82. The zero-order chi connectivity index (χ0) is 11.5. The number of nitrogens with zero attached hydrogens (tertiary/aromatic N) is 1. The van der Waals surface area contributed by atoms with Crippen LogP contribution in [0.2, 0.25) is 0 Å². The van der Waals surface area contributed by atoms with Gasteiger partial charge in [0, 0.05) is 32.2 Å². The molecule has 1 atom stereocenters. The normalized spacial score (nSPS) is 18.5. The summed E-state index contributed by atoms with van der Waals surface area (Å²) in [5, 5.41) is 3.27. The first-order chi connectivity index (χ1) is 7.68. The van der Waals surface area contributed by atoms with Gasteiger partial charge >= 0.3 is 0 Å². The molecule has 0 bridgehead atoms. The number of rotatable bonds is 2. The Morgan fingerprint density at radius 3 is 2.41 bits per heavy atom. The van der Waals surface area contributed by atoms with Gasteiger partial charge in [0.25, 0.3) is 0 Å². The Balaban J connectivity index is 0.00000144. The summed E-state index contributed by atoms with van der Waals surface area (Å²) in [4.78, 5) is 2.27. The van der Waals surface area contributed by atoms with Crippen LogP contribution in [0, 0.1) is 11.6 Å². The predicted octanol–water partition coefficient (Wildman–Crippen LogP) is 2.35. The van der Waals surface area contributed by atoms with Crippen LogP contribution in [0.3, 0.4) is 0 Å². The fraction of sp³-hybridized carbons (Fsp3) is 0.500. The third-order valence-electron chi connectivity index (χ3n) is 3.13. The smallest absolute Gasteiger partial charge is 0.159 e. The molecule has 2 nitrogen and oxygen atoms in total. The zero-order valence-corrected chi connectivity index (χ0v) is 10.6. The van der Waals surface area contributed by atoms with Crippen molar-refractivity contribution >= 4 is 12.4 Å². The van der Waals surface area contributed by atoms with Gasteiger partial charge in [0.15, 0.2) is 11.6 Å². The lowest BCUT2D eigenvalue weighted by Gasteiger charge is -2.33. The van der Waals surface area contributed by atoms with E-state index in [4.69, 9.17) is 0 Å². The van der Waals surface area contributed by atoms with Gasteiger partial charge in [0.2, 0.25) is 0 Å². The molecule has 1 aromatic rings. The molecular weight excluding hydrogens is 246 g/mol. The predicted molar refractivity (Wildman–Crippen MR) is 66.5 cm³/mol. The molecule has 1 heterocycles. The van der Waals surface area contributed by atoms with E-state index in [0.717, 1.165) is 31.7 Å². The van der Waals surface area contributed by atoms with Gasteiger partial charge in [-0.15, -0.1) is 12.4 Å². The van der Waals surface area contributed by atoms with Crippen LogP contribution in [-0.4, -0.2) is 31.1 Å². The monoisotopic (exact) mass is 262 g/mol. The number of hydrogen-bond acceptors (Lipinski definition) is 2. The first-order valence-electron chi connectivity index (χ1n) is 5.58. The van der Waals surface area contributed by atoms with E-state index in [9.17, 15) is 8.78 Å². The average Bonchev–Trinajstić information content (AvgIpc) is 2.33. The molecule has 17 heavy (non-hydrogen) atoms. The van der Waals surface area contributed by atoms with Crippen molar-refractivity contribution in [3.8, 4) is 0 Å². The largest absolute Gasteiger partial charge is 0.314 e. The lowest BCUT2D eigenvalue weighted by Crippen LogP contribution is -2.44. The highest BCUT2D eigenvalue weighted by atomic mass is 35.5. The summed E-state index contributed by atoms with van der Waals surface area (Å²) < 4.78 is 25.9. The summed E-state index contributed by atoms with van der Waals surface area (Å²) in [5.41, 5.74) is 0.834. The van der Waals surface area contributed by atoms with Crippen molar-refractivity contribution in [1.82, 2.24) is 10.2 Å². The minimum atomic E-state index is -0.781. The Kier molecular flexibility index (Phi) is 5.31. The molecule has 1 N–H and O–H groups in total. The Labute approximate surface area is 106 Å². The molecule has 96 valence electrons. The molecule has 1 aliphatic rings.